The fourth-order valence-corrected chi connectivity index (χ4v) is 4.62. The first-order valence-corrected chi connectivity index (χ1v) is 11.1. The highest BCUT2D eigenvalue weighted by molar-refractivity contribution is 6.07. The van der Waals surface area contributed by atoms with Gasteiger partial charge in [-0.15, -0.1) is 0 Å². The van der Waals surface area contributed by atoms with Gasteiger partial charge in [-0.05, 0) is 49.4 Å². The van der Waals surface area contributed by atoms with Crippen LogP contribution >= 0.6 is 0 Å². The molecule has 2 aromatic heterocycles. The van der Waals surface area contributed by atoms with Gasteiger partial charge in [-0.25, -0.2) is 0 Å². The Balaban J connectivity index is 1.85. The number of hydrogen-bond donors (Lipinski definition) is 1. The van der Waals surface area contributed by atoms with Crippen molar-refractivity contribution < 1.29 is 14.3 Å². The SMILES string of the molecule is CCC(CC)n1cc(C(=O)NC2CCc3ncccc32)c2cc(OC)c(OC)cc2c1=O. The van der Waals surface area contributed by atoms with Gasteiger partial charge in [-0.1, -0.05) is 19.9 Å². The van der Waals surface area contributed by atoms with Gasteiger partial charge in [-0.2, -0.15) is 0 Å². The zero-order valence-electron chi connectivity index (χ0n) is 19.0. The number of amides is 1. The van der Waals surface area contributed by atoms with Gasteiger partial charge in [0.1, 0.15) is 0 Å². The number of ether oxygens (including phenoxy) is 2. The maximum absolute atomic E-state index is 13.5. The minimum atomic E-state index is -0.219. The van der Waals surface area contributed by atoms with Crippen LogP contribution in [0.15, 0.2) is 41.5 Å². The molecule has 7 heteroatoms. The Labute approximate surface area is 187 Å². The number of carbonyl (C=O) groups excluding carboxylic acids is 1. The number of hydrogen-bond acceptors (Lipinski definition) is 5. The monoisotopic (exact) mass is 435 g/mol. The molecule has 1 aromatic carbocycles. The van der Waals surface area contributed by atoms with Crippen LogP contribution in [0.25, 0.3) is 10.8 Å². The molecular weight excluding hydrogens is 406 g/mol. The molecular formula is C25H29N3O4. The molecule has 0 bridgehead atoms. The summed E-state index contributed by atoms with van der Waals surface area (Å²) in [6.07, 6.45) is 6.69. The number of methoxy groups -OCH3 is 2. The summed E-state index contributed by atoms with van der Waals surface area (Å²) in [7, 11) is 3.07. The predicted octanol–water partition coefficient (Wildman–Crippen LogP) is 4.19. The second-order valence-electron chi connectivity index (χ2n) is 8.08. The van der Waals surface area contributed by atoms with Gasteiger partial charge in [-0.3, -0.25) is 14.6 Å². The number of nitrogens with one attached hydrogen (secondary N) is 1. The summed E-state index contributed by atoms with van der Waals surface area (Å²) in [5.74, 6) is 0.717. The summed E-state index contributed by atoms with van der Waals surface area (Å²) >= 11 is 0. The molecule has 1 N–H and O–H groups in total. The summed E-state index contributed by atoms with van der Waals surface area (Å²) in [6, 6.07) is 7.19. The van der Waals surface area contributed by atoms with E-state index in [2.05, 4.69) is 10.3 Å². The van der Waals surface area contributed by atoms with Crippen LogP contribution in [0, 0.1) is 0 Å². The molecule has 0 aliphatic heterocycles. The highest BCUT2D eigenvalue weighted by Gasteiger charge is 2.27. The molecule has 0 saturated carbocycles. The molecule has 1 amide bonds. The van der Waals surface area contributed by atoms with E-state index < -0.39 is 0 Å². The summed E-state index contributed by atoms with van der Waals surface area (Å²) in [5.41, 5.74) is 2.39. The Morgan fingerprint density at radius 1 is 1.19 bits per heavy atom. The van der Waals surface area contributed by atoms with Gasteiger partial charge < -0.3 is 19.4 Å². The van der Waals surface area contributed by atoms with E-state index in [-0.39, 0.29) is 23.6 Å². The van der Waals surface area contributed by atoms with Crippen molar-refractivity contribution in [3.8, 4) is 11.5 Å². The molecule has 0 fully saturated rings. The molecule has 7 nitrogen and oxygen atoms in total. The molecule has 3 aromatic rings. The predicted molar refractivity (Wildman–Crippen MR) is 124 cm³/mol. The molecule has 168 valence electrons. The van der Waals surface area contributed by atoms with Gasteiger partial charge in [0.15, 0.2) is 11.5 Å². The van der Waals surface area contributed by atoms with E-state index >= 15 is 0 Å². The Hall–Kier alpha value is -3.35. The van der Waals surface area contributed by atoms with E-state index in [4.69, 9.17) is 9.47 Å². The fourth-order valence-electron chi connectivity index (χ4n) is 4.62. The summed E-state index contributed by atoms with van der Waals surface area (Å²) in [4.78, 5) is 31.3. The molecule has 1 aliphatic rings. The lowest BCUT2D eigenvalue weighted by molar-refractivity contribution is 0.0937. The largest absolute Gasteiger partial charge is 0.493 e. The number of nitrogens with zero attached hydrogens (tertiary/aromatic N) is 2. The van der Waals surface area contributed by atoms with Gasteiger partial charge in [0.05, 0.1) is 31.2 Å². The molecule has 0 saturated heterocycles. The average Bonchev–Trinajstić information content (AvgIpc) is 3.23. The molecule has 1 aliphatic carbocycles. The molecule has 1 unspecified atom stereocenters. The van der Waals surface area contributed by atoms with Crippen molar-refractivity contribution in [2.75, 3.05) is 14.2 Å². The zero-order chi connectivity index (χ0) is 22.8. The average molecular weight is 436 g/mol. The first kappa shape index (κ1) is 21.9. The van der Waals surface area contributed by atoms with Crippen LogP contribution in [-0.2, 0) is 6.42 Å². The third-order valence-corrected chi connectivity index (χ3v) is 6.40. The van der Waals surface area contributed by atoms with Crippen molar-refractivity contribution in [2.45, 2.75) is 51.6 Å². The van der Waals surface area contributed by atoms with Gasteiger partial charge in [0.25, 0.3) is 11.5 Å². The normalized spacial score (nSPS) is 15.1. The molecule has 2 heterocycles. The number of rotatable bonds is 7. The van der Waals surface area contributed by atoms with Gasteiger partial charge >= 0.3 is 0 Å². The van der Waals surface area contributed by atoms with Crippen LogP contribution in [0.4, 0.5) is 0 Å². The number of pyridine rings is 2. The topological polar surface area (TPSA) is 82.5 Å². The molecule has 0 radical (unpaired) electrons. The minimum Gasteiger partial charge on any atom is -0.493 e. The first-order chi connectivity index (χ1) is 15.5. The number of fused-ring (bicyclic) bond motifs is 2. The lowest BCUT2D eigenvalue weighted by Gasteiger charge is -2.21. The maximum Gasteiger partial charge on any atom is 0.258 e. The van der Waals surface area contributed by atoms with Crippen molar-refractivity contribution in [1.82, 2.24) is 14.9 Å². The molecule has 0 spiro atoms. The van der Waals surface area contributed by atoms with Crippen molar-refractivity contribution in [3.05, 3.63) is 63.8 Å². The van der Waals surface area contributed by atoms with Crippen molar-refractivity contribution in [2.24, 2.45) is 0 Å². The molecule has 32 heavy (non-hydrogen) atoms. The highest BCUT2D eigenvalue weighted by atomic mass is 16.5. The third-order valence-electron chi connectivity index (χ3n) is 6.40. The standard InChI is InChI=1S/C25H29N3O4/c1-5-15(6-2)28-14-19(17-12-22(31-3)23(32-4)13-18(17)25(28)30)24(29)27-21-10-9-20-16(21)8-7-11-26-20/h7-8,11-15,21H,5-6,9-10H2,1-4H3,(H,27,29). The van der Waals surface area contributed by atoms with E-state index in [9.17, 15) is 9.59 Å². The first-order valence-electron chi connectivity index (χ1n) is 11.1. The second-order valence-corrected chi connectivity index (χ2v) is 8.08. The minimum absolute atomic E-state index is 0.00273. The third kappa shape index (κ3) is 3.72. The van der Waals surface area contributed by atoms with Crippen LogP contribution in [0.2, 0.25) is 0 Å². The number of benzene rings is 1. The van der Waals surface area contributed by atoms with Crippen molar-refractivity contribution in [3.63, 3.8) is 0 Å². The Morgan fingerprint density at radius 2 is 1.88 bits per heavy atom. The number of aromatic nitrogens is 2. The smallest absolute Gasteiger partial charge is 0.258 e. The van der Waals surface area contributed by atoms with E-state index in [1.165, 1.54) is 14.2 Å². The van der Waals surface area contributed by atoms with Gasteiger partial charge in [0, 0.05) is 29.5 Å². The number of carbonyl (C=O) groups is 1. The van der Waals surface area contributed by atoms with Crippen LogP contribution < -0.4 is 20.3 Å². The quantitative estimate of drug-likeness (QED) is 0.602. The lowest BCUT2D eigenvalue weighted by Crippen LogP contribution is -2.31. The van der Waals surface area contributed by atoms with Crippen LogP contribution in [0.5, 0.6) is 11.5 Å². The number of aryl methyl sites for hydroxylation is 1. The van der Waals surface area contributed by atoms with Crippen LogP contribution in [-0.4, -0.2) is 29.7 Å². The van der Waals surface area contributed by atoms with Crippen LogP contribution in [0.3, 0.4) is 0 Å². The van der Waals surface area contributed by atoms with Crippen molar-refractivity contribution in [1.29, 1.82) is 0 Å². The second kappa shape index (κ2) is 9.02. The Bertz CT molecular complexity index is 1210. The Morgan fingerprint density at radius 3 is 2.53 bits per heavy atom. The van der Waals surface area contributed by atoms with E-state index in [0.717, 1.165) is 36.9 Å². The zero-order valence-corrected chi connectivity index (χ0v) is 19.0. The van der Waals surface area contributed by atoms with Crippen molar-refractivity contribution >= 4 is 16.7 Å². The fraction of sp³-hybridized carbons (Fsp3) is 0.400. The maximum atomic E-state index is 13.5. The Kier molecular flexibility index (Phi) is 6.17. The summed E-state index contributed by atoms with van der Waals surface area (Å²) < 4.78 is 12.6. The summed E-state index contributed by atoms with van der Waals surface area (Å²) in [5, 5.41) is 4.16. The van der Waals surface area contributed by atoms with E-state index in [1.54, 1.807) is 29.1 Å². The molecule has 4 rings (SSSR count). The molecule has 1 atom stereocenters. The van der Waals surface area contributed by atoms with Crippen LogP contribution in [0.1, 0.15) is 66.8 Å². The van der Waals surface area contributed by atoms with E-state index in [1.807, 2.05) is 26.0 Å². The van der Waals surface area contributed by atoms with E-state index in [0.29, 0.717) is 27.8 Å². The highest BCUT2D eigenvalue weighted by Crippen LogP contribution is 2.34. The summed E-state index contributed by atoms with van der Waals surface area (Å²) in [6.45, 7) is 4.09. The lowest BCUT2D eigenvalue weighted by atomic mass is 10.0. The van der Waals surface area contributed by atoms with Gasteiger partial charge in [0.2, 0.25) is 0 Å².